The van der Waals surface area contributed by atoms with E-state index in [1.807, 2.05) is 32.0 Å². The number of amides is 3. The number of Topliss-reactive ketones (excluding diaryl/α,β-unsaturated/α-hetero) is 1. The van der Waals surface area contributed by atoms with Crippen molar-refractivity contribution in [1.29, 1.82) is 5.26 Å². The zero-order chi connectivity index (χ0) is 24.0. The Labute approximate surface area is 189 Å². The minimum Gasteiger partial charge on any atom is -0.443 e. The number of nitrogens with zero attached hydrogens (tertiary/aromatic N) is 2. The lowest BCUT2D eigenvalue weighted by atomic mass is 10.0. The fraction of sp³-hybridized carbons (Fsp3) is 0.160. The number of aryl methyl sites for hydroxylation is 3. The number of furan rings is 1. The maximum absolute atomic E-state index is 13.1. The van der Waals surface area contributed by atoms with Gasteiger partial charge in [-0.1, -0.05) is 17.7 Å². The number of ketones is 1. The number of carbonyl (C=O) groups excluding carboxylic acids is 4. The molecule has 4 rings (SSSR count). The number of carbonyl (C=O) groups is 4. The maximum Gasteiger partial charge on any atom is 0.266 e. The molecule has 0 spiro atoms. The molecule has 1 aliphatic rings. The number of hydrogen-bond donors (Lipinski definition) is 1. The Hall–Kier alpha value is -4.51. The van der Waals surface area contributed by atoms with Gasteiger partial charge in [-0.3, -0.25) is 24.5 Å². The van der Waals surface area contributed by atoms with E-state index in [0.29, 0.717) is 5.69 Å². The van der Waals surface area contributed by atoms with Gasteiger partial charge in [0.2, 0.25) is 5.88 Å². The molecule has 0 atom stereocenters. The molecule has 0 fully saturated rings. The summed E-state index contributed by atoms with van der Waals surface area (Å²) in [4.78, 5) is 51.7. The number of nitriles is 1. The summed E-state index contributed by atoms with van der Waals surface area (Å²) in [5.41, 5.74) is 2.70. The molecule has 2 heterocycles. The molecule has 3 aromatic rings. The third-order valence-corrected chi connectivity index (χ3v) is 5.52. The average molecular weight is 441 g/mol. The molecule has 3 amide bonds. The summed E-state index contributed by atoms with van der Waals surface area (Å²) in [6.45, 7) is 6.56. The average Bonchev–Trinajstić information content (AvgIpc) is 3.21. The standard InChI is InChI=1S/C25H19N3O5/c1-12-5-8-20(13(2)9-12)28-24(31)17-7-6-16(10-18(17)25(28)32)22(30)27-23-19(11-26)21(14(3)29)15(4)33-23/h5-10H,1-4H3,(H,27,30). The summed E-state index contributed by atoms with van der Waals surface area (Å²) in [5, 5.41) is 11.9. The van der Waals surface area contributed by atoms with Crippen LogP contribution < -0.4 is 10.2 Å². The molecule has 0 saturated heterocycles. The van der Waals surface area contributed by atoms with Crippen LogP contribution in [0.5, 0.6) is 0 Å². The third kappa shape index (κ3) is 3.49. The Bertz CT molecular complexity index is 1420. The zero-order valence-electron chi connectivity index (χ0n) is 18.4. The first-order valence-corrected chi connectivity index (χ1v) is 10.1. The number of benzene rings is 2. The Morgan fingerprint density at radius 3 is 2.33 bits per heavy atom. The summed E-state index contributed by atoms with van der Waals surface area (Å²) in [6, 6.07) is 11.5. The van der Waals surface area contributed by atoms with E-state index >= 15 is 0 Å². The summed E-state index contributed by atoms with van der Waals surface area (Å²) < 4.78 is 5.41. The highest BCUT2D eigenvalue weighted by Crippen LogP contribution is 2.32. The highest BCUT2D eigenvalue weighted by molar-refractivity contribution is 6.35. The van der Waals surface area contributed by atoms with Gasteiger partial charge in [0.1, 0.15) is 17.4 Å². The Morgan fingerprint density at radius 2 is 1.70 bits per heavy atom. The molecule has 0 unspecified atom stereocenters. The number of anilines is 2. The van der Waals surface area contributed by atoms with E-state index in [-0.39, 0.29) is 45.2 Å². The zero-order valence-corrected chi connectivity index (χ0v) is 18.4. The van der Waals surface area contributed by atoms with Gasteiger partial charge >= 0.3 is 0 Å². The molecule has 0 radical (unpaired) electrons. The van der Waals surface area contributed by atoms with E-state index in [1.165, 1.54) is 32.0 Å². The molecule has 1 aromatic heterocycles. The van der Waals surface area contributed by atoms with E-state index < -0.39 is 17.7 Å². The molecule has 8 nitrogen and oxygen atoms in total. The predicted molar refractivity (Wildman–Crippen MR) is 120 cm³/mol. The molecule has 0 aliphatic carbocycles. The Morgan fingerprint density at radius 1 is 1.00 bits per heavy atom. The smallest absolute Gasteiger partial charge is 0.266 e. The van der Waals surface area contributed by atoms with Gasteiger partial charge in [0.15, 0.2) is 5.78 Å². The molecule has 1 N–H and O–H groups in total. The lowest BCUT2D eigenvalue weighted by Crippen LogP contribution is -2.30. The van der Waals surface area contributed by atoms with Crippen LogP contribution in [0.25, 0.3) is 0 Å². The number of fused-ring (bicyclic) bond motifs is 1. The van der Waals surface area contributed by atoms with Crippen molar-refractivity contribution in [3.05, 3.63) is 81.1 Å². The first kappa shape index (κ1) is 21.7. The van der Waals surface area contributed by atoms with E-state index in [0.717, 1.165) is 16.0 Å². The van der Waals surface area contributed by atoms with Gasteiger partial charge in [-0.25, -0.2) is 4.90 Å². The van der Waals surface area contributed by atoms with Crippen LogP contribution in [-0.2, 0) is 0 Å². The highest BCUT2D eigenvalue weighted by Gasteiger charge is 2.38. The van der Waals surface area contributed by atoms with Crippen molar-refractivity contribution in [2.45, 2.75) is 27.7 Å². The fourth-order valence-electron chi connectivity index (χ4n) is 4.00. The van der Waals surface area contributed by atoms with E-state index in [2.05, 4.69) is 5.32 Å². The van der Waals surface area contributed by atoms with Crippen molar-refractivity contribution in [2.24, 2.45) is 0 Å². The van der Waals surface area contributed by atoms with Crippen LogP contribution >= 0.6 is 0 Å². The van der Waals surface area contributed by atoms with Crippen LogP contribution in [0.1, 0.15) is 70.8 Å². The molecule has 2 aromatic carbocycles. The van der Waals surface area contributed by atoms with Gasteiger partial charge in [0, 0.05) is 5.56 Å². The number of imide groups is 1. The van der Waals surface area contributed by atoms with Gasteiger partial charge in [0.25, 0.3) is 17.7 Å². The minimum atomic E-state index is -0.650. The second kappa shape index (κ2) is 7.88. The van der Waals surface area contributed by atoms with Gasteiger partial charge in [-0.15, -0.1) is 0 Å². The molecule has 8 heteroatoms. The van der Waals surface area contributed by atoms with Gasteiger partial charge in [0.05, 0.1) is 22.4 Å². The first-order chi connectivity index (χ1) is 15.6. The van der Waals surface area contributed by atoms with Crippen molar-refractivity contribution in [3.63, 3.8) is 0 Å². The van der Waals surface area contributed by atoms with E-state index in [9.17, 15) is 24.4 Å². The van der Waals surface area contributed by atoms with E-state index in [4.69, 9.17) is 4.42 Å². The van der Waals surface area contributed by atoms with Gasteiger partial charge < -0.3 is 4.42 Å². The number of hydrogen-bond acceptors (Lipinski definition) is 6. The third-order valence-electron chi connectivity index (χ3n) is 5.52. The van der Waals surface area contributed by atoms with Gasteiger partial charge in [-0.2, -0.15) is 5.26 Å². The SMILES string of the molecule is CC(=O)c1c(C)oc(NC(=O)c2ccc3c(c2)C(=O)N(c2ccc(C)cc2C)C3=O)c1C#N. The second-order valence-electron chi connectivity index (χ2n) is 7.86. The monoisotopic (exact) mass is 441 g/mol. The van der Waals surface area contributed by atoms with Crippen molar-refractivity contribution in [2.75, 3.05) is 10.2 Å². The van der Waals surface area contributed by atoms with Crippen LogP contribution in [0.15, 0.2) is 40.8 Å². The molecular formula is C25H19N3O5. The summed E-state index contributed by atoms with van der Waals surface area (Å²) in [5.74, 6) is -1.93. The second-order valence-corrected chi connectivity index (χ2v) is 7.86. The van der Waals surface area contributed by atoms with Crippen molar-refractivity contribution >= 4 is 35.1 Å². The summed E-state index contributed by atoms with van der Waals surface area (Å²) in [7, 11) is 0. The van der Waals surface area contributed by atoms with Crippen LogP contribution in [-0.4, -0.2) is 23.5 Å². The molecule has 33 heavy (non-hydrogen) atoms. The maximum atomic E-state index is 13.1. The molecule has 164 valence electrons. The molecule has 0 bridgehead atoms. The Kier molecular flexibility index (Phi) is 5.18. The lowest BCUT2D eigenvalue weighted by Gasteiger charge is -2.16. The summed E-state index contributed by atoms with van der Waals surface area (Å²) in [6.07, 6.45) is 0. The molecular weight excluding hydrogens is 422 g/mol. The van der Waals surface area contributed by atoms with Crippen molar-refractivity contribution in [1.82, 2.24) is 0 Å². The summed E-state index contributed by atoms with van der Waals surface area (Å²) >= 11 is 0. The quantitative estimate of drug-likeness (QED) is 0.475. The number of rotatable bonds is 4. The highest BCUT2D eigenvalue weighted by atomic mass is 16.4. The van der Waals surface area contributed by atoms with Crippen LogP contribution in [0, 0.1) is 32.1 Å². The van der Waals surface area contributed by atoms with E-state index in [1.54, 1.807) is 6.07 Å². The lowest BCUT2D eigenvalue weighted by molar-refractivity contribution is 0.0923. The largest absolute Gasteiger partial charge is 0.443 e. The van der Waals surface area contributed by atoms with Crippen molar-refractivity contribution < 1.29 is 23.6 Å². The first-order valence-electron chi connectivity index (χ1n) is 10.1. The fourth-order valence-corrected chi connectivity index (χ4v) is 4.00. The van der Waals surface area contributed by atoms with Crippen LogP contribution in [0.3, 0.4) is 0 Å². The predicted octanol–water partition coefficient (Wildman–Crippen LogP) is 4.33. The Balaban J connectivity index is 1.67. The molecule has 1 aliphatic heterocycles. The van der Waals surface area contributed by atoms with Crippen LogP contribution in [0.4, 0.5) is 11.6 Å². The molecule has 0 saturated carbocycles. The van der Waals surface area contributed by atoms with Crippen LogP contribution in [0.2, 0.25) is 0 Å². The van der Waals surface area contributed by atoms with Gasteiger partial charge in [-0.05, 0) is 57.5 Å². The normalized spacial score (nSPS) is 12.5. The number of nitrogens with one attached hydrogen (secondary N) is 1. The topological polar surface area (TPSA) is 120 Å². The minimum absolute atomic E-state index is 0.0678. The van der Waals surface area contributed by atoms with Crippen molar-refractivity contribution in [3.8, 4) is 6.07 Å².